The zero-order chi connectivity index (χ0) is 26.7. The molecule has 1 fully saturated rings. The van der Waals surface area contributed by atoms with Crippen molar-refractivity contribution in [2.45, 2.75) is 50.7 Å². The average Bonchev–Trinajstić information content (AvgIpc) is 3.08. The van der Waals surface area contributed by atoms with E-state index in [9.17, 15) is 17.6 Å². The van der Waals surface area contributed by atoms with E-state index >= 15 is 0 Å². The number of nitrogens with zero attached hydrogens (tertiary/aromatic N) is 5. The number of pyridine rings is 2. The van der Waals surface area contributed by atoms with E-state index < -0.39 is 26.3 Å². The van der Waals surface area contributed by atoms with Crippen LogP contribution >= 0.6 is 0 Å². The van der Waals surface area contributed by atoms with Gasteiger partial charge in [-0.2, -0.15) is 0 Å². The minimum absolute atomic E-state index is 0.0816. The lowest BCUT2D eigenvalue weighted by Gasteiger charge is -2.39. The van der Waals surface area contributed by atoms with Gasteiger partial charge in [0.25, 0.3) is 0 Å². The second kappa shape index (κ2) is 8.73. The number of nitrogens with two attached hydrogens (primary N) is 1. The van der Waals surface area contributed by atoms with Crippen LogP contribution in [0.1, 0.15) is 43.8 Å². The van der Waals surface area contributed by atoms with Crippen molar-refractivity contribution in [1.29, 1.82) is 0 Å². The molecule has 0 spiro atoms. The Morgan fingerprint density at radius 1 is 1.19 bits per heavy atom. The summed E-state index contributed by atoms with van der Waals surface area (Å²) in [7, 11) is -4.18. The number of aryl methyl sites for hydroxylation is 1. The average molecular weight is 527 g/mol. The van der Waals surface area contributed by atoms with Crippen molar-refractivity contribution >= 4 is 38.2 Å². The number of halogens is 1. The molecule has 10 nitrogen and oxygen atoms in total. The summed E-state index contributed by atoms with van der Waals surface area (Å²) in [5.41, 5.74) is 2.72. The highest BCUT2D eigenvalue weighted by atomic mass is 32.2. The van der Waals surface area contributed by atoms with Crippen LogP contribution in [0.3, 0.4) is 0 Å². The number of amides is 1. The molecule has 0 bridgehead atoms. The molecule has 37 heavy (non-hydrogen) atoms. The first-order valence-corrected chi connectivity index (χ1v) is 13.3. The van der Waals surface area contributed by atoms with Gasteiger partial charge < -0.3 is 14.2 Å². The summed E-state index contributed by atoms with van der Waals surface area (Å²) in [4.78, 5) is 27.3. The molecule has 0 saturated carbocycles. The van der Waals surface area contributed by atoms with Crippen molar-refractivity contribution in [2.75, 3.05) is 13.1 Å². The molecule has 3 aromatic heterocycles. The third-order valence-corrected chi connectivity index (χ3v) is 7.09. The third-order valence-electron chi connectivity index (χ3n) is 6.14. The molecular formula is C25H27FN6O4S. The maximum absolute atomic E-state index is 14.6. The van der Waals surface area contributed by atoms with Crippen molar-refractivity contribution in [3.63, 3.8) is 0 Å². The van der Waals surface area contributed by atoms with E-state index in [1.54, 1.807) is 11.1 Å². The Morgan fingerprint density at radius 2 is 1.92 bits per heavy atom. The number of ether oxygens (including phenoxy) is 1. The van der Waals surface area contributed by atoms with Crippen molar-refractivity contribution in [2.24, 2.45) is 5.14 Å². The number of primary sulfonamides is 1. The van der Waals surface area contributed by atoms with Crippen LogP contribution in [0.2, 0.25) is 0 Å². The molecule has 0 unspecified atom stereocenters. The minimum Gasteiger partial charge on any atom is -0.444 e. The predicted octanol–water partition coefficient (Wildman–Crippen LogP) is 3.46. The molecular weight excluding hydrogens is 499 g/mol. The van der Waals surface area contributed by atoms with Crippen molar-refractivity contribution in [3.8, 4) is 0 Å². The zero-order valence-corrected chi connectivity index (χ0v) is 21.7. The summed E-state index contributed by atoms with van der Waals surface area (Å²) in [6.07, 6.45) is 1.26. The summed E-state index contributed by atoms with van der Waals surface area (Å²) < 4.78 is 45.4. The van der Waals surface area contributed by atoms with Gasteiger partial charge in [0.2, 0.25) is 10.0 Å². The summed E-state index contributed by atoms with van der Waals surface area (Å²) in [6, 6.07) is 7.66. The van der Waals surface area contributed by atoms with Gasteiger partial charge in [0.05, 0.1) is 17.6 Å². The van der Waals surface area contributed by atoms with Gasteiger partial charge >= 0.3 is 6.09 Å². The lowest BCUT2D eigenvalue weighted by atomic mass is 9.99. The van der Waals surface area contributed by atoms with Crippen LogP contribution in [-0.4, -0.2) is 57.6 Å². The highest BCUT2D eigenvalue weighted by Gasteiger charge is 2.37. The molecule has 0 atom stereocenters. The topological polar surface area (TPSA) is 133 Å². The van der Waals surface area contributed by atoms with Crippen LogP contribution in [0.15, 0.2) is 41.4 Å². The van der Waals surface area contributed by atoms with E-state index in [-0.39, 0.29) is 18.6 Å². The third kappa shape index (κ3) is 4.86. The Kier molecular flexibility index (Phi) is 5.91. The Morgan fingerprint density at radius 3 is 2.57 bits per heavy atom. The molecule has 4 heterocycles. The molecule has 4 aromatic rings. The molecule has 5 rings (SSSR count). The lowest BCUT2D eigenvalue weighted by Crippen LogP contribution is -2.51. The zero-order valence-electron chi connectivity index (χ0n) is 20.9. The normalized spacial score (nSPS) is 14.8. The molecule has 0 radical (unpaired) electrons. The molecule has 1 saturated heterocycles. The predicted molar refractivity (Wildman–Crippen MR) is 135 cm³/mol. The highest BCUT2D eigenvalue weighted by Crippen LogP contribution is 2.33. The number of carbonyl (C=O) groups excluding carboxylic acids is 1. The SMILES string of the molecule is Cc1ccc2c(ncc3nc(C4CN(C(=O)OC(C)(C)C)C4)n(Cc4ccc(S(N)(=O)=O)c(F)c4)c32)n1. The fourth-order valence-corrected chi connectivity index (χ4v) is 5.05. The molecule has 1 amide bonds. The van der Waals surface area contributed by atoms with Crippen LogP contribution in [0.25, 0.3) is 22.1 Å². The smallest absolute Gasteiger partial charge is 0.410 e. The number of imidazole rings is 1. The van der Waals surface area contributed by atoms with Crippen LogP contribution in [0.5, 0.6) is 0 Å². The van der Waals surface area contributed by atoms with E-state index in [1.807, 2.05) is 44.4 Å². The summed E-state index contributed by atoms with van der Waals surface area (Å²) in [5, 5.41) is 5.90. The van der Waals surface area contributed by atoms with Gasteiger partial charge in [-0.3, -0.25) is 0 Å². The van der Waals surface area contributed by atoms with E-state index in [4.69, 9.17) is 14.9 Å². The number of fused-ring (bicyclic) bond motifs is 3. The number of benzene rings is 1. The number of hydrogen-bond donors (Lipinski definition) is 1. The molecule has 194 valence electrons. The summed E-state index contributed by atoms with van der Waals surface area (Å²) >= 11 is 0. The van der Waals surface area contributed by atoms with Crippen molar-refractivity contribution in [3.05, 3.63) is 59.4 Å². The number of rotatable bonds is 4. The number of likely N-dealkylation sites (tertiary alicyclic amines) is 1. The van der Waals surface area contributed by atoms with Crippen LogP contribution in [0.4, 0.5) is 9.18 Å². The summed E-state index contributed by atoms with van der Waals surface area (Å²) in [6.45, 7) is 8.37. The first kappa shape index (κ1) is 25.0. The van der Waals surface area contributed by atoms with Crippen molar-refractivity contribution < 1.29 is 22.3 Å². The first-order valence-electron chi connectivity index (χ1n) is 11.7. The molecule has 2 N–H and O–H groups in total. The van der Waals surface area contributed by atoms with E-state index in [1.165, 1.54) is 6.07 Å². The Balaban J connectivity index is 1.57. The number of hydrogen-bond acceptors (Lipinski definition) is 7. The van der Waals surface area contributed by atoms with Crippen LogP contribution in [-0.2, 0) is 21.3 Å². The van der Waals surface area contributed by atoms with E-state index in [0.717, 1.165) is 28.7 Å². The van der Waals surface area contributed by atoms with E-state index in [2.05, 4.69) is 9.97 Å². The largest absolute Gasteiger partial charge is 0.444 e. The maximum atomic E-state index is 14.6. The Hall–Kier alpha value is -3.64. The van der Waals surface area contributed by atoms with Crippen LogP contribution in [0, 0.1) is 12.7 Å². The van der Waals surface area contributed by atoms with Gasteiger partial charge in [0.1, 0.15) is 27.7 Å². The number of sulfonamides is 1. The highest BCUT2D eigenvalue weighted by molar-refractivity contribution is 7.89. The maximum Gasteiger partial charge on any atom is 0.410 e. The fraction of sp³-hybridized carbons (Fsp3) is 0.360. The quantitative estimate of drug-likeness (QED) is 0.430. The Labute approximate surface area is 213 Å². The molecule has 1 aromatic carbocycles. The molecule has 12 heteroatoms. The second-order valence-electron chi connectivity index (χ2n) is 10.3. The van der Waals surface area contributed by atoms with Gasteiger partial charge in [-0.05, 0) is 57.5 Å². The number of aromatic nitrogens is 4. The standard InChI is InChI=1S/C25H27FN6O4S/c1-14-5-7-17-21-19(10-28-22(17)29-14)30-23(16-12-31(13-16)24(33)36-25(2,3)4)32(21)11-15-6-8-20(18(26)9-15)37(27,34)35/h5-10,16H,11-13H2,1-4H3,(H2,27,34,35). The molecule has 0 aliphatic carbocycles. The fourth-order valence-electron chi connectivity index (χ4n) is 4.46. The molecule has 1 aliphatic rings. The van der Waals surface area contributed by atoms with Gasteiger partial charge in [0.15, 0.2) is 5.65 Å². The summed E-state index contributed by atoms with van der Waals surface area (Å²) in [5.74, 6) is -0.294. The van der Waals surface area contributed by atoms with Crippen molar-refractivity contribution in [1.82, 2.24) is 24.4 Å². The monoisotopic (exact) mass is 526 g/mol. The van der Waals surface area contributed by atoms with Gasteiger partial charge in [-0.15, -0.1) is 0 Å². The lowest BCUT2D eigenvalue weighted by molar-refractivity contribution is 0.00730. The second-order valence-corrected chi connectivity index (χ2v) is 11.8. The van der Waals surface area contributed by atoms with Gasteiger partial charge in [-0.1, -0.05) is 6.07 Å². The van der Waals surface area contributed by atoms with Gasteiger partial charge in [-0.25, -0.2) is 37.7 Å². The molecule has 1 aliphatic heterocycles. The first-order chi connectivity index (χ1) is 17.3. The Bertz CT molecular complexity index is 1660. The van der Waals surface area contributed by atoms with Gasteiger partial charge in [0, 0.05) is 30.7 Å². The van der Waals surface area contributed by atoms with Crippen LogP contribution < -0.4 is 5.14 Å². The van der Waals surface area contributed by atoms with E-state index in [0.29, 0.717) is 35.6 Å². The number of carbonyl (C=O) groups is 1. The minimum atomic E-state index is -4.18.